The number of rotatable bonds is 6. The molecule has 124 valence electrons. The first kappa shape index (κ1) is 16.7. The van der Waals surface area contributed by atoms with Crippen molar-refractivity contribution in [2.45, 2.75) is 57.7 Å². The van der Waals surface area contributed by atoms with Gasteiger partial charge in [-0.15, -0.1) is 0 Å². The van der Waals surface area contributed by atoms with E-state index in [4.69, 9.17) is 5.73 Å². The van der Waals surface area contributed by atoms with Crippen molar-refractivity contribution in [2.24, 2.45) is 11.7 Å². The van der Waals surface area contributed by atoms with Crippen molar-refractivity contribution in [3.8, 4) is 0 Å². The van der Waals surface area contributed by atoms with Gasteiger partial charge >= 0.3 is 0 Å². The molecule has 0 aromatic carbocycles. The largest absolute Gasteiger partial charge is 0.368 e. The molecule has 0 saturated carbocycles. The first-order chi connectivity index (χ1) is 10.4. The lowest BCUT2D eigenvalue weighted by Crippen LogP contribution is -2.62. The van der Waals surface area contributed by atoms with Gasteiger partial charge in [0.05, 0.1) is 6.04 Å². The fourth-order valence-corrected chi connectivity index (χ4v) is 3.02. The fourth-order valence-electron chi connectivity index (χ4n) is 3.02. The Hall–Kier alpha value is -1.63. The van der Waals surface area contributed by atoms with Gasteiger partial charge < -0.3 is 21.3 Å². The standard InChI is InChI=1S/C15H26N4O3/c1-9(2)8-11(18-14(21)10-4-3-6-17-10)15(22)19-7-5-12(19)13(16)20/h9-12,17H,3-8H2,1-2H3,(H2,16,20)(H,18,21). The Labute approximate surface area is 131 Å². The highest BCUT2D eigenvalue weighted by atomic mass is 16.2. The van der Waals surface area contributed by atoms with Gasteiger partial charge in [-0.25, -0.2) is 0 Å². The molecule has 7 heteroatoms. The molecule has 3 amide bonds. The summed E-state index contributed by atoms with van der Waals surface area (Å²) in [6.45, 7) is 5.36. The van der Waals surface area contributed by atoms with Crippen molar-refractivity contribution < 1.29 is 14.4 Å². The lowest BCUT2D eigenvalue weighted by Gasteiger charge is -2.41. The van der Waals surface area contributed by atoms with Crippen LogP contribution in [0.4, 0.5) is 0 Å². The van der Waals surface area contributed by atoms with E-state index in [-0.39, 0.29) is 23.8 Å². The summed E-state index contributed by atoms with van der Waals surface area (Å²) in [5.74, 6) is -0.548. The van der Waals surface area contributed by atoms with E-state index in [1.165, 1.54) is 4.90 Å². The smallest absolute Gasteiger partial charge is 0.245 e. The molecular formula is C15H26N4O3. The van der Waals surface area contributed by atoms with Gasteiger partial charge in [0.1, 0.15) is 12.1 Å². The molecule has 2 saturated heterocycles. The van der Waals surface area contributed by atoms with E-state index >= 15 is 0 Å². The van der Waals surface area contributed by atoms with Gasteiger partial charge in [0.2, 0.25) is 17.7 Å². The maximum atomic E-state index is 12.6. The number of nitrogens with two attached hydrogens (primary N) is 1. The van der Waals surface area contributed by atoms with E-state index < -0.39 is 18.0 Å². The van der Waals surface area contributed by atoms with E-state index in [9.17, 15) is 14.4 Å². The molecule has 2 fully saturated rings. The highest BCUT2D eigenvalue weighted by molar-refractivity contribution is 5.93. The Kier molecular flexibility index (Phi) is 5.39. The number of hydrogen-bond acceptors (Lipinski definition) is 4. The Bertz CT molecular complexity index is 446. The molecule has 0 bridgehead atoms. The van der Waals surface area contributed by atoms with Crippen LogP contribution in [-0.4, -0.2) is 53.8 Å². The average Bonchev–Trinajstić information content (AvgIpc) is 2.88. The SMILES string of the molecule is CC(C)CC(NC(=O)C1CCCN1)C(=O)N1CCC1C(N)=O. The van der Waals surface area contributed by atoms with Gasteiger partial charge in [0.25, 0.3) is 0 Å². The predicted molar refractivity (Wildman–Crippen MR) is 81.7 cm³/mol. The van der Waals surface area contributed by atoms with E-state index in [0.717, 1.165) is 19.4 Å². The number of nitrogens with zero attached hydrogens (tertiary/aromatic N) is 1. The van der Waals surface area contributed by atoms with Crippen LogP contribution in [-0.2, 0) is 14.4 Å². The number of primary amides is 1. The third-order valence-corrected chi connectivity index (χ3v) is 4.33. The second-order valence-corrected chi connectivity index (χ2v) is 6.58. The van der Waals surface area contributed by atoms with Crippen LogP contribution in [0.15, 0.2) is 0 Å². The van der Waals surface area contributed by atoms with Crippen LogP contribution in [0, 0.1) is 5.92 Å². The summed E-state index contributed by atoms with van der Waals surface area (Å²) in [7, 11) is 0. The minimum atomic E-state index is -0.586. The number of nitrogens with one attached hydrogen (secondary N) is 2. The lowest BCUT2D eigenvalue weighted by molar-refractivity contribution is -0.149. The summed E-state index contributed by atoms with van der Waals surface area (Å²) >= 11 is 0. The predicted octanol–water partition coefficient (Wildman–Crippen LogP) is -0.644. The molecular weight excluding hydrogens is 284 g/mol. The molecule has 2 heterocycles. The first-order valence-corrected chi connectivity index (χ1v) is 8.03. The lowest BCUT2D eigenvalue weighted by atomic mass is 9.96. The minimum Gasteiger partial charge on any atom is -0.368 e. The minimum absolute atomic E-state index is 0.132. The van der Waals surface area contributed by atoms with Gasteiger partial charge in [-0.1, -0.05) is 13.8 Å². The molecule has 7 nitrogen and oxygen atoms in total. The summed E-state index contributed by atoms with van der Waals surface area (Å²) in [4.78, 5) is 37.6. The summed E-state index contributed by atoms with van der Waals surface area (Å²) in [6.07, 6.45) is 2.92. The normalized spacial score (nSPS) is 25.7. The van der Waals surface area contributed by atoms with Crippen LogP contribution in [0.3, 0.4) is 0 Å². The van der Waals surface area contributed by atoms with E-state index in [0.29, 0.717) is 19.4 Å². The molecule has 4 N–H and O–H groups in total. The van der Waals surface area contributed by atoms with E-state index in [1.807, 2.05) is 13.8 Å². The second-order valence-electron chi connectivity index (χ2n) is 6.58. The van der Waals surface area contributed by atoms with Crippen molar-refractivity contribution in [1.29, 1.82) is 0 Å². The molecule has 0 spiro atoms. The highest BCUT2D eigenvalue weighted by Gasteiger charge is 2.40. The van der Waals surface area contributed by atoms with E-state index in [2.05, 4.69) is 10.6 Å². The Morgan fingerprint density at radius 3 is 2.50 bits per heavy atom. The molecule has 3 unspecified atom stereocenters. The summed E-state index contributed by atoms with van der Waals surface area (Å²) in [5, 5.41) is 5.98. The molecule has 2 aliphatic heterocycles. The number of likely N-dealkylation sites (tertiary alicyclic amines) is 1. The molecule has 2 rings (SSSR count). The number of carbonyl (C=O) groups is 3. The third kappa shape index (κ3) is 3.76. The Balaban J connectivity index is 2.00. The quantitative estimate of drug-likeness (QED) is 0.606. The van der Waals surface area contributed by atoms with Crippen LogP contribution in [0.5, 0.6) is 0 Å². The Morgan fingerprint density at radius 1 is 1.32 bits per heavy atom. The topological polar surface area (TPSA) is 105 Å². The second kappa shape index (κ2) is 7.09. The molecule has 0 aromatic heterocycles. The average molecular weight is 310 g/mol. The zero-order valence-electron chi connectivity index (χ0n) is 13.3. The van der Waals surface area contributed by atoms with Gasteiger partial charge in [-0.3, -0.25) is 14.4 Å². The molecule has 2 aliphatic rings. The van der Waals surface area contributed by atoms with Crippen LogP contribution in [0.2, 0.25) is 0 Å². The molecule has 0 aromatic rings. The van der Waals surface area contributed by atoms with Crippen LogP contribution >= 0.6 is 0 Å². The Morgan fingerprint density at radius 2 is 2.05 bits per heavy atom. The molecule has 22 heavy (non-hydrogen) atoms. The number of carbonyl (C=O) groups excluding carboxylic acids is 3. The van der Waals surface area contributed by atoms with Crippen molar-refractivity contribution in [1.82, 2.24) is 15.5 Å². The highest BCUT2D eigenvalue weighted by Crippen LogP contribution is 2.20. The molecule has 0 radical (unpaired) electrons. The zero-order valence-corrected chi connectivity index (χ0v) is 13.3. The number of amides is 3. The van der Waals surface area contributed by atoms with E-state index in [1.54, 1.807) is 0 Å². The maximum Gasteiger partial charge on any atom is 0.245 e. The zero-order chi connectivity index (χ0) is 16.3. The van der Waals surface area contributed by atoms with Gasteiger partial charge in [-0.2, -0.15) is 0 Å². The summed E-state index contributed by atoms with van der Waals surface area (Å²) in [5.41, 5.74) is 5.30. The van der Waals surface area contributed by atoms with Gasteiger partial charge in [0, 0.05) is 6.54 Å². The number of hydrogen-bond donors (Lipinski definition) is 3. The maximum absolute atomic E-state index is 12.6. The third-order valence-electron chi connectivity index (χ3n) is 4.33. The van der Waals surface area contributed by atoms with Crippen molar-refractivity contribution in [3.63, 3.8) is 0 Å². The molecule has 3 atom stereocenters. The van der Waals surface area contributed by atoms with Crippen molar-refractivity contribution in [2.75, 3.05) is 13.1 Å². The first-order valence-electron chi connectivity index (χ1n) is 8.03. The van der Waals surface area contributed by atoms with Crippen LogP contribution < -0.4 is 16.4 Å². The van der Waals surface area contributed by atoms with Crippen molar-refractivity contribution in [3.05, 3.63) is 0 Å². The fraction of sp³-hybridized carbons (Fsp3) is 0.800. The monoisotopic (exact) mass is 310 g/mol. The van der Waals surface area contributed by atoms with Crippen molar-refractivity contribution >= 4 is 17.7 Å². The van der Waals surface area contributed by atoms with Crippen LogP contribution in [0.1, 0.15) is 39.5 Å². The summed E-state index contributed by atoms with van der Waals surface area (Å²) < 4.78 is 0. The summed E-state index contributed by atoms with van der Waals surface area (Å²) in [6, 6.07) is -1.33. The van der Waals surface area contributed by atoms with Gasteiger partial charge in [0.15, 0.2) is 0 Å². The molecule has 0 aliphatic carbocycles. The van der Waals surface area contributed by atoms with Gasteiger partial charge in [-0.05, 0) is 38.1 Å². The van der Waals surface area contributed by atoms with Crippen LogP contribution in [0.25, 0.3) is 0 Å².